The van der Waals surface area contributed by atoms with E-state index in [1.807, 2.05) is 18.2 Å². The van der Waals surface area contributed by atoms with Gasteiger partial charge in [-0.3, -0.25) is 14.2 Å². The molecule has 2 heterocycles. The van der Waals surface area contributed by atoms with E-state index in [4.69, 9.17) is 9.47 Å². The maximum atomic E-state index is 13.2. The van der Waals surface area contributed by atoms with Gasteiger partial charge < -0.3 is 14.8 Å². The topological polar surface area (TPSA) is 99.5 Å². The Morgan fingerprint density at radius 3 is 2.35 bits per heavy atom. The molecule has 0 aliphatic rings. The molecule has 0 unspecified atom stereocenters. The summed E-state index contributed by atoms with van der Waals surface area (Å²) in [6.07, 6.45) is 1.35. The molecule has 0 saturated carbocycles. The number of thiophene rings is 1. The number of rotatable bonds is 9. The highest BCUT2D eigenvalue weighted by molar-refractivity contribution is 7.20. The molecule has 0 radical (unpaired) electrons. The fraction of sp³-hybridized carbons (Fsp3) is 0.440. The number of anilines is 1. The molecular weight excluding hydrogens is 454 g/mol. The number of para-hydroxylation sites is 1. The lowest BCUT2D eigenvalue weighted by Crippen LogP contribution is -2.28. The molecule has 0 aliphatic heterocycles. The van der Waals surface area contributed by atoms with Crippen molar-refractivity contribution in [3.63, 3.8) is 0 Å². The third-order valence-electron chi connectivity index (χ3n) is 5.57. The van der Waals surface area contributed by atoms with Crippen molar-refractivity contribution < 1.29 is 19.1 Å². The summed E-state index contributed by atoms with van der Waals surface area (Å²) in [6.45, 7) is 10.2. The number of aryl methyl sites for hydroxylation is 1. The van der Waals surface area contributed by atoms with Crippen LogP contribution in [0.3, 0.4) is 0 Å². The number of methoxy groups -OCH3 is 1. The second-order valence-electron chi connectivity index (χ2n) is 8.71. The van der Waals surface area contributed by atoms with Crippen LogP contribution in [-0.4, -0.2) is 41.8 Å². The second-order valence-corrected chi connectivity index (χ2v) is 9.71. The highest BCUT2D eigenvalue weighted by Crippen LogP contribution is 2.32. The minimum atomic E-state index is -0.521. The molecule has 3 aromatic rings. The normalized spacial score (nSPS) is 11.4. The van der Waals surface area contributed by atoms with Gasteiger partial charge in [-0.1, -0.05) is 45.9 Å². The predicted octanol–water partition coefficient (Wildman–Crippen LogP) is 4.46. The van der Waals surface area contributed by atoms with Crippen LogP contribution in [-0.2, 0) is 20.8 Å². The average Bonchev–Trinajstić information content (AvgIpc) is 3.12. The van der Waals surface area contributed by atoms with E-state index in [0.717, 1.165) is 28.2 Å². The first-order chi connectivity index (χ1) is 16.1. The van der Waals surface area contributed by atoms with Crippen molar-refractivity contribution >= 4 is 39.1 Å². The smallest absolute Gasteiger partial charge is 0.348 e. The second kappa shape index (κ2) is 10.9. The number of hydrogen-bond donors (Lipinski definition) is 1. The van der Waals surface area contributed by atoms with Gasteiger partial charge in [0.25, 0.3) is 5.56 Å². The number of ether oxygens (including phenoxy) is 2. The maximum Gasteiger partial charge on any atom is 0.348 e. The summed E-state index contributed by atoms with van der Waals surface area (Å²) in [5, 5.41) is 3.35. The zero-order valence-electron chi connectivity index (χ0n) is 20.4. The number of fused-ring (bicyclic) bond motifs is 1. The van der Waals surface area contributed by atoms with Gasteiger partial charge in [0.1, 0.15) is 22.9 Å². The molecule has 1 amide bonds. The van der Waals surface area contributed by atoms with E-state index in [1.165, 1.54) is 18.0 Å². The molecule has 0 aliphatic carbocycles. The van der Waals surface area contributed by atoms with Crippen molar-refractivity contribution in [3.8, 4) is 0 Å². The molecule has 0 fully saturated rings. The van der Waals surface area contributed by atoms with Crippen molar-refractivity contribution in [3.05, 3.63) is 56.4 Å². The summed E-state index contributed by atoms with van der Waals surface area (Å²) in [5.74, 6) is -0.381. The summed E-state index contributed by atoms with van der Waals surface area (Å²) in [4.78, 5) is 43.6. The van der Waals surface area contributed by atoms with Crippen LogP contribution in [0.25, 0.3) is 10.2 Å². The van der Waals surface area contributed by atoms with Gasteiger partial charge in [-0.15, -0.1) is 11.3 Å². The summed E-state index contributed by atoms with van der Waals surface area (Å²) in [5.41, 5.74) is 3.02. The van der Waals surface area contributed by atoms with Crippen LogP contribution in [0.1, 0.15) is 65.9 Å². The van der Waals surface area contributed by atoms with Gasteiger partial charge in [0.05, 0.1) is 18.3 Å². The molecule has 0 spiro atoms. The van der Waals surface area contributed by atoms with E-state index in [9.17, 15) is 14.4 Å². The van der Waals surface area contributed by atoms with E-state index in [2.05, 4.69) is 38.0 Å². The Morgan fingerprint density at radius 2 is 1.76 bits per heavy atom. The number of amides is 1. The first-order valence-corrected chi connectivity index (χ1v) is 12.0. The largest absolute Gasteiger partial charge is 0.459 e. The van der Waals surface area contributed by atoms with Crippen LogP contribution >= 0.6 is 11.3 Å². The summed E-state index contributed by atoms with van der Waals surface area (Å²) >= 11 is 1.10. The van der Waals surface area contributed by atoms with Crippen molar-refractivity contribution in [2.45, 2.75) is 53.0 Å². The molecule has 34 heavy (non-hydrogen) atoms. The zero-order chi connectivity index (χ0) is 25.0. The number of carbonyl (C=O) groups excluding carboxylic acids is 2. The van der Waals surface area contributed by atoms with Crippen LogP contribution in [0.2, 0.25) is 0 Å². The summed E-state index contributed by atoms with van der Waals surface area (Å²) in [6, 6.07) is 6.02. The van der Waals surface area contributed by atoms with Crippen molar-refractivity contribution in [2.24, 2.45) is 0 Å². The number of benzene rings is 1. The standard InChI is InChI=1S/C25H31N3O5S/c1-14(2)17-8-7-9-18(15(3)4)21(17)27-19(29)12-28-13-26-23-20(24(28)30)16(5)22(34-23)25(31)33-11-10-32-6/h7-9,13-15H,10-12H2,1-6H3,(H,27,29). The molecule has 9 heteroatoms. The zero-order valence-corrected chi connectivity index (χ0v) is 21.2. The number of carbonyl (C=O) groups is 2. The number of nitrogens with zero attached hydrogens (tertiary/aromatic N) is 2. The van der Waals surface area contributed by atoms with E-state index in [-0.39, 0.29) is 43.1 Å². The minimum Gasteiger partial charge on any atom is -0.459 e. The monoisotopic (exact) mass is 485 g/mol. The van der Waals surface area contributed by atoms with Gasteiger partial charge in [-0.2, -0.15) is 0 Å². The van der Waals surface area contributed by atoms with Gasteiger partial charge in [-0.25, -0.2) is 9.78 Å². The predicted molar refractivity (Wildman–Crippen MR) is 134 cm³/mol. The molecule has 3 rings (SSSR count). The van der Waals surface area contributed by atoms with Crippen LogP contribution < -0.4 is 10.9 Å². The van der Waals surface area contributed by atoms with Crippen molar-refractivity contribution in [2.75, 3.05) is 25.6 Å². The fourth-order valence-corrected chi connectivity index (χ4v) is 4.81. The molecule has 182 valence electrons. The SMILES string of the molecule is COCCOC(=O)c1sc2ncn(CC(=O)Nc3c(C(C)C)cccc3C(C)C)c(=O)c2c1C. The van der Waals surface area contributed by atoms with Gasteiger partial charge in [0.15, 0.2) is 0 Å². The van der Waals surface area contributed by atoms with Crippen molar-refractivity contribution in [1.82, 2.24) is 9.55 Å². The Balaban J connectivity index is 1.88. The lowest BCUT2D eigenvalue weighted by Gasteiger charge is -2.20. The minimum absolute atomic E-state index is 0.122. The molecule has 0 bridgehead atoms. The fourth-order valence-electron chi connectivity index (χ4n) is 3.78. The van der Waals surface area contributed by atoms with E-state index in [0.29, 0.717) is 20.7 Å². The lowest BCUT2D eigenvalue weighted by atomic mass is 9.92. The molecule has 1 N–H and O–H groups in total. The van der Waals surface area contributed by atoms with E-state index >= 15 is 0 Å². The van der Waals surface area contributed by atoms with E-state index < -0.39 is 5.97 Å². The third-order valence-corrected chi connectivity index (χ3v) is 6.75. The Kier molecular flexibility index (Phi) is 8.22. The van der Waals surface area contributed by atoms with Crippen LogP contribution in [0.15, 0.2) is 29.3 Å². The highest BCUT2D eigenvalue weighted by Gasteiger charge is 2.22. The van der Waals surface area contributed by atoms with E-state index in [1.54, 1.807) is 6.92 Å². The summed E-state index contributed by atoms with van der Waals surface area (Å²) in [7, 11) is 1.52. The van der Waals surface area contributed by atoms with Crippen LogP contribution in [0.4, 0.5) is 5.69 Å². The molecule has 8 nitrogen and oxygen atoms in total. The van der Waals surface area contributed by atoms with Crippen LogP contribution in [0, 0.1) is 6.92 Å². The molecule has 0 saturated heterocycles. The van der Waals surface area contributed by atoms with Gasteiger partial charge in [0.2, 0.25) is 5.91 Å². The molecule has 2 aromatic heterocycles. The summed E-state index contributed by atoms with van der Waals surface area (Å²) < 4.78 is 11.3. The van der Waals surface area contributed by atoms with Crippen molar-refractivity contribution in [1.29, 1.82) is 0 Å². The number of aromatic nitrogens is 2. The third kappa shape index (κ3) is 5.37. The Morgan fingerprint density at radius 1 is 1.12 bits per heavy atom. The average molecular weight is 486 g/mol. The molecule has 1 aromatic carbocycles. The molecule has 0 atom stereocenters. The van der Waals surface area contributed by atoms with Gasteiger partial charge in [-0.05, 0) is 35.4 Å². The molecular formula is C25H31N3O5S. The van der Waals surface area contributed by atoms with Gasteiger partial charge in [0, 0.05) is 12.8 Å². The lowest BCUT2D eigenvalue weighted by molar-refractivity contribution is -0.116. The number of esters is 1. The van der Waals surface area contributed by atoms with Crippen LogP contribution in [0.5, 0.6) is 0 Å². The first-order valence-electron chi connectivity index (χ1n) is 11.2. The van der Waals surface area contributed by atoms with Gasteiger partial charge >= 0.3 is 5.97 Å². The number of hydrogen-bond acceptors (Lipinski definition) is 7. The highest BCUT2D eigenvalue weighted by atomic mass is 32.1. The Bertz CT molecular complexity index is 1230. The quantitative estimate of drug-likeness (QED) is 0.355. The Hall–Kier alpha value is -3.04. The first kappa shape index (κ1) is 25.6. The number of nitrogens with one attached hydrogen (secondary N) is 1. The maximum absolute atomic E-state index is 13.2. The Labute approximate surface area is 202 Å².